The molecule has 1 heterocycles. The lowest BCUT2D eigenvalue weighted by Gasteiger charge is -2.09. The van der Waals surface area contributed by atoms with Gasteiger partial charge in [0.1, 0.15) is 0 Å². The van der Waals surface area contributed by atoms with Gasteiger partial charge in [-0.05, 0) is 38.5 Å². The summed E-state index contributed by atoms with van der Waals surface area (Å²) in [6.45, 7) is 6.17. The summed E-state index contributed by atoms with van der Waals surface area (Å²) in [5.74, 6) is -2.86. The Hall–Kier alpha value is -2.73. The number of carbonyl (C=O) groups is 1. The first-order chi connectivity index (χ1) is 12.8. The number of hydrogen-bond acceptors (Lipinski definition) is 2. The highest BCUT2D eigenvalue weighted by Crippen LogP contribution is 2.25. The lowest BCUT2D eigenvalue weighted by molar-refractivity contribution is 0.102. The van der Waals surface area contributed by atoms with Crippen LogP contribution in [-0.4, -0.2) is 15.7 Å². The van der Waals surface area contributed by atoms with Crippen molar-refractivity contribution >= 4 is 23.2 Å². The zero-order chi connectivity index (χ0) is 19.7. The van der Waals surface area contributed by atoms with E-state index in [1.807, 2.05) is 32.0 Å². The first kappa shape index (κ1) is 19.0. The zero-order valence-electron chi connectivity index (χ0n) is 15.1. The van der Waals surface area contributed by atoms with Gasteiger partial charge >= 0.3 is 0 Å². The Kier molecular flexibility index (Phi) is 5.28. The van der Waals surface area contributed by atoms with Crippen LogP contribution in [0.5, 0.6) is 0 Å². The fourth-order valence-corrected chi connectivity index (χ4v) is 3.13. The van der Waals surface area contributed by atoms with E-state index in [4.69, 9.17) is 11.6 Å². The van der Waals surface area contributed by atoms with E-state index in [9.17, 15) is 13.6 Å². The van der Waals surface area contributed by atoms with E-state index in [1.165, 1.54) is 0 Å². The predicted octanol–water partition coefficient (Wildman–Crippen LogP) is 5.04. The number of aromatic nitrogens is 2. The summed E-state index contributed by atoms with van der Waals surface area (Å²) in [5.41, 5.74) is 3.99. The van der Waals surface area contributed by atoms with Crippen LogP contribution in [0.2, 0.25) is 5.02 Å². The van der Waals surface area contributed by atoms with E-state index in [0.29, 0.717) is 17.9 Å². The molecule has 3 aromatic rings. The normalized spacial score (nSPS) is 10.9. The highest BCUT2D eigenvalue weighted by molar-refractivity contribution is 6.34. The van der Waals surface area contributed by atoms with Crippen molar-refractivity contribution in [3.8, 4) is 0 Å². The summed E-state index contributed by atoms with van der Waals surface area (Å²) >= 11 is 5.88. The van der Waals surface area contributed by atoms with Crippen molar-refractivity contribution in [2.75, 3.05) is 5.32 Å². The van der Waals surface area contributed by atoms with Gasteiger partial charge in [0.25, 0.3) is 5.91 Å². The predicted molar refractivity (Wildman–Crippen MR) is 101 cm³/mol. The molecule has 0 aliphatic heterocycles. The van der Waals surface area contributed by atoms with Crippen LogP contribution in [0.15, 0.2) is 36.4 Å². The summed E-state index contributed by atoms with van der Waals surface area (Å²) in [5, 5.41) is 7.02. The molecule has 1 amide bonds. The zero-order valence-corrected chi connectivity index (χ0v) is 15.9. The molecule has 4 nitrogen and oxygen atoms in total. The molecule has 0 unspecified atom stereocenters. The van der Waals surface area contributed by atoms with Crippen molar-refractivity contribution in [3.05, 3.63) is 81.1 Å². The number of anilines is 1. The maximum Gasteiger partial charge on any atom is 0.257 e. The molecule has 0 saturated heterocycles. The molecule has 0 spiro atoms. The molecule has 0 saturated carbocycles. The molecule has 27 heavy (non-hydrogen) atoms. The minimum atomic E-state index is -1.13. The van der Waals surface area contributed by atoms with Crippen LogP contribution in [-0.2, 0) is 6.54 Å². The summed E-state index contributed by atoms with van der Waals surface area (Å²) in [6, 6.07) is 9.63. The van der Waals surface area contributed by atoms with Crippen molar-refractivity contribution in [2.45, 2.75) is 27.3 Å². The maximum atomic E-state index is 13.5. The lowest BCUT2D eigenvalue weighted by atomic mass is 10.1. The van der Waals surface area contributed by atoms with Crippen molar-refractivity contribution < 1.29 is 13.6 Å². The Morgan fingerprint density at radius 1 is 1.15 bits per heavy atom. The lowest BCUT2D eigenvalue weighted by Crippen LogP contribution is -2.14. The Bertz CT molecular complexity index is 1030. The first-order valence-corrected chi connectivity index (χ1v) is 8.69. The Labute approximate surface area is 160 Å². The molecule has 0 aliphatic rings. The summed E-state index contributed by atoms with van der Waals surface area (Å²) in [4.78, 5) is 12.5. The molecule has 0 aliphatic carbocycles. The van der Waals surface area contributed by atoms with Crippen molar-refractivity contribution in [1.82, 2.24) is 9.78 Å². The van der Waals surface area contributed by atoms with Crippen molar-refractivity contribution in [1.29, 1.82) is 0 Å². The minimum absolute atomic E-state index is 0.138. The van der Waals surface area contributed by atoms with Crippen molar-refractivity contribution in [2.24, 2.45) is 0 Å². The number of aryl methyl sites for hydroxylation is 2. The molecule has 7 heteroatoms. The molecule has 140 valence electrons. The molecule has 0 atom stereocenters. The van der Waals surface area contributed by atoms with Crippen LogP contribution in [0.1, 0.15) is 32.9 Å². The van der Waals surface area contributed by atoms with Gasteiger partial charge in [0.15, 0.2) is 11.6 Å². The molecule has 1 aromatic heterocycles. The second-order valence-corrected chi connectivity index (χ2v) is 6.80. The van der Waals surface area contributed by atoms with Crippen LogP contribution >= 0.6 is 11.6 Å². The average Bonchev–Trinajstić information content (AvgIpc) is 2.85. The van der Waals surface area contributed by atoms with Crippen LogP contribution in [0.3, 0.4) is 0 Å². The molecular weight excluding hydrogens is 372 g/mol. The summed E-state index contributed by atoms with van der Waals surface area (Å²) < 4.78 is 28.5. The number of carbonyl (C=O) groups excluding carboxylic acids is 1. The molecule has 2 aromatic carbocycles. The molecule has 0 radical (unpaired) electrons. The van der Waals surface area contributed by atoms with Crippen molar-refractivity contribution in [3.63, 3.8) is 0 Å². The standard InChI is InChI=1S/C20H18ClF2N3O/c1-11-5-4-6-14(7-11)10-26-13(3)19(12(2)25-26)24-20(27)15-8-17(22)18(23)9-16(15)21/h4-9H,10H2,1-3H3,(H,24,27). The molecular formula is C20H18ClF2N3O. The van der Waals surface area contributed by atoms with Crippen LogP contribution in [0.4, 0.5) is 14.5 Å². The molecule has 3 rings (SSSR count). The van der Waals surface area contributed by atoms with Crippen LogP contribution in [0, 0.1) is 32.4 Å². The number of hydrogen-bond donors (Lipinski definition) is 1. The second-order valence-electron chi connectivity index (χ2n) is 6.39. The van der Waals surface area contributed by atoms with Gasteiger partial charge in [-0.25, -0.2) is 8.78 Å². The first-order valence-electron chi connectivity index (χ1n) is 8.31. The number of rotatable bonds is 4. The van der Waals surface area contributed by atoms with Gasteiger partial charge in [-0.15, -0.1) is 0 Å². The third kappa shape index (κ3) is 4.01. The number of amides is 1. The highest BCUT2D eigenvalue weighted by atomic mass is 35.5. The van der Waals surface area contributed by atoms with E-state index in [2.05, 4.69) is 16.5 Å². The van der Waals surface area contributed by atoms with E-state index < -0.39 is 17.5 Å². The Morgan fingerprint density at radius 3 is 2.56 bits per heavy atom. The van der Waals surface area contributed by atoms with E-state index in [1.54, 1.807) is 11.6 Å². The topological polar surface area (TPSA) is 46.9 Å². The van der Waals surface area contributed by atoms with E-state index >= 15 is 0 Å². The van der Waals surface area contributed by atoms with Gasteiger partial charge in [-0.2, -0.15) is 5.10 Å². The van der Waals surface area contributed by atoms with Gasteiger partial charge in [0.05, 0.1) is 34.2 Å². The fourth-order valence-electron chi connectivity index (χ4n) is 2.89. The summed E-state index contributed by atoms with van der Waals surface area (Å²) in [6.07, 6.45) is 0. The van der Waals surface area contributed by atoms with Gasteiger partial charge < -0.3 is 5.32 Å². The molecule has 0 fully saturated rings. The van der Waals surface area contributed by atoms with Gasteiger partial charge in [0.2, 0.25) is 0 Å². The average molecular weight is 390 g/mol. The van der Waals surface area contributed by atoms with Gasteiger partial charge in [0, 0.05) is 0 Å². The van der Waals surface area contributed by atoms with Crippen LogP contribution in [0.25, 0.3) is 0 Å². The number of benzene rings is 2. The largest absolute Gasteiger partial charge is 0.319 e. The van der Waals surface area contributed by atoms with E-state index in [-0.39, 0.29) is 10.6 Å². The van der Waals surface area contributed by atoms with Crippen LogP contribution < -0.4 is 5.32 Å². The molecule has 1 N–H and O–H groups in total. The van der Waals surface area contributed by atoms with Gasteiger partial charge in [-0.1, -0.05) is 41.4 Å². The minimum Gasteiger partial charge on any atom is -0.319 e. The van der Waals surface area contributed by atoms with E-state index in [0.717, 1.165) is 29.0 Å². The highest BCUT2D eigenvalue weighted by Gasteiger charge is 2.19. The monoisotopic (exact) mass is 389 g/mol. The SMILES string of the molecule is Cc1cccc(Cn2nc(C)c(NC(=O)c3cc(F)c(F)cc3Cl)c2C)c1. The second kappa shape index (κ2) is 7.48. The quantitative estimate of drug-likeness (QED) is 0.635. The third-order valence-corrected chi connectivity index (χ3v) is 4.60. The number of nitrogens with one attached hydrogen (secondary N) is 1. The number of nitrogens with zero attached hydrogens (tertiary/aromatic N) is 2. The summed E-state index contributed by atoms with van der Waals surface area (Å²) in [7, 11) is 0. The maximum absolute atomic E-state index is 13.5. The third-order valence-electron chi connectivity index (χ3n) is 4.29. The smallest absolute Gasteiger partial charge is 0.257 e. The fraction of sp³-hybridized carbons (Fsp3) is 0.200. The van der Waals surface area contributed by atoms with Gasteiger partial charge in [-0.3, -0.25) is 9.48 Å². The Balaban J connectivity index is 1.87. The molecule has 0 bridgehead atoms. The Morgan fingerprint density at radius 2 is 1.85 bits per heavy atom. The number of halogens is 3.